The third-order valence-electron chi connectivity index (χ3n) is 5.61. The summed E-state index contributed by atoms with van der Waals surface area (Å²) >= 11 is 0. The quantitative estimate of drug-likeness (QED) is 0.276. The van der Waals surface area contributed by atoms with E-state index in [9.17, 15) is 9.46 Å². The van der Waals surface area contributed by atoms with Crippen molar-refractivity contribution < 1.29 is 18.8 Å². The highest BCUT2D eigenvalue weighted by molar-refractivity contribution is 7.52. The van der Waals surface area contributed by atoms with Gasteiger partial charge in [-0.15, -0.1) is 0 Å². The van der Waals surface area contributed by atoms with Gasteiger partial charge in [0.25, 0.3) is 0 Å². The molecule has 0 saturated heterocycles. The molecule has 4 unspecified atom stereocenters. The normalized spacial score (nSPS) is 17.4. The lowest BCUT2D eigenvalue weighted by atomic mass is 9.92. The number of hydroxylamine groups is 2. The summed E-state index contributed by atoms with van der Waals surface area (Å²) in [6.45, 7) is 15.6. The predicted molar refractivity (Wildman–Crippen MR) is 134 cm³/mol. The van der Waals surface area contributed by atoms with Crippen molar-refractivity contribution in [3.8, 4) is 0 Å². The second-order valence-corrected chi connectivity index (χ2v) is 12.6. The minimum Gasteiger partial charge on any atom is -0.777 e. The van der Waals surface area contributed by atoms with Crippen LogP contribution in [-0.4, -0.2) is 23.0 Å². The van der Waals surface area contributed by atoms with Gasteiger partial charge in [-0.3, -0.25) is 4.84 Å². The lowest BCUT2D eigenvalue weighted by molar-refractivity contribution is -0.286. The number of hydrogen-bond acceptors (Lipinski definition) is 5. The Morgan fingerprint density at radius 1 is 0.909 bits per heavy atom. The fourth-order valence-corrected chi connectivity index (χ4v) is 6.18. The molecule has 0 heterocycles. The van der Waals surface area contributed by atoms with Crippen LogP contribution < -0.4 is 4.89 Å². The maximum Gasteiger partial charge on any atom is 0.154 e. The van der Waals surface area contributed by atoms with Gasteiger partial charge in [0.15, 0.2) is 7.60 Å². The molecule has 0 amide bonds. The fraction of sp³-hybridized carbons (Fsp3) is 0.556. The molecule has 0 bridgehead atoms. The molecular formula is C27H41NO4P-. The Hall–Kier alpha value is -1.49. The van der Waals surface area contributed by atoms with Crippen molar-refractivity contribution in [2.45, 2.75) is 85.2 Å². The second-order valence-electron chi connectivity index (χ2n) is 10.7. The first-order valence-electron chi connectivity index (χ1n) is 11.8. The molecule has 0 aliphatic carbocycles. The van der Waals surface area contributed by atoms with E-state index >= 15 is 0 Å². The number of nitrogens with zero attached hydrogens (tertiary/aromatic N) is 1. The van der Waals surface area contributed by atoms with E-state index in [0.29, 0.717) is 6.42 Å². The Morgan fingerprint density at radius 3 is 1.82 bits per heavy atom. The molecule has 184 valence electrons. The molecule has 0 spiro atoms. The molecule has 5 nitrogen and oxygen atoms in total. The lowest BCUT2D eigenvalue weighted by Gasteiger charge is -2.51. The number of benzene rings is 2. The topological polar surface area (TPSA) is 61.8 Å². The van der Waals surface area contributed by atoms with Crippen LogP contribution in [0.25, 0.3) is 0 Å². The zero-order valence-corrected chi connectivity index (χ0v) is 22.3. The lowest BCUT2D eigenvalue weighted by Crippen LogP contribution is -2.54. The largest absolute Gasteiger partial charge is 0.777 e. The van der Waals surface area contributed by atoms with Crippen LogP contribution in [0, 0.1) is 5.41 Å². The Morgan fingerprint density at radius 2 is 1.39 bits per heavy atom. The smallest absolute Gasteiger partial charge is 0.154 e. The van der Waals surface area contributed by atoms with E-state index in [1.165, 1.54) is 5.56 Å². The van der Waals surface area contributed by atoms with Crippen LogP contribution in [0.5, 0.6) is 0 Å². The second kappa shape index (κ2) is 11.3. The highest BCUT2D eigenvalue weighted by atomic mass is 31.2. The molecule has 0 N–H and O–H groups in total. The van der Waals surface area contributed by atoms with Gasteiger partial charge >= 0.3 is 0 Å². The van der Waals surface area contributed by atoms with Crippen LogP contribution in [0.4, 0.5) is 0 Å². The summed E-state index contributed by atoms with van der Waals surface area (Å²) in [5.74, 6) is -0.736. The van der Waals surface area contributed by atoms with E-state index in [0.717, 1.165) is 5.56 Å². The molecule has 6 heteroatoms. The summed E-state index contributed by atoms with van der Waals surface area (Å²) < 4.78 is 18.6. The van der Waals surface area contributed by atoms with E-state index < -0.39 is 24.3 Å². The van der Waals surface area contributed by atoms with E-state index in [2.05, 4.69) is 19.1 Å². The average Bonchev–Trinajstić information content (AvgIpc) is 2.72. The third kappa shape index (κ3) is 7.77. The predicted octanol–water partition coefficient (Wildman–Crippen LogP) is 6.92. The van der Waals surface area contributed by atoms with Gasteiger partial charge in [-0.05, 0) is 56.6 Å². The van der Waals surface area contributed by atoms with E-state index in [1.807, 2.05) is 90.1 Å². The van der Waals surface area contributed by atoms with Crippen molar-refractivity contribution in [1.82, 2.24) is 5.06 Å². The minimum absolute atomic E-state index is 0.0957. The van der Waals surface area contributed by atoms with Crippen molar-refractivity contribution in [3.63, 3.8) is 0 Å². The number of hydrogen-bond donors (Lipinski definition) is 0. The summed E-state index contributed by atoms with van der Waals surface area (Å²) in [4.78, 5) is 20.0. The van der Waals surface area contributed by atoms with Crippen molar-refractivity contribution in [1.29, 1.82) is 0 Å². The molecular weight excluding hydrogens is 433 g/mol. The van der Waals surface area contributed by atoms with Crippen LogP contribution >= 0.6 is 7.60 Å². The first kappa shape index (κ1) is 27.8. The molecule has 2 aromatic rings. The van der Waals surface area contributed by atoms with Crippen molar-refractivity contribution in [3.05, 3.63) is 71.8 Å². The fourth-order valence-electron chi connectivity index (χ4n) is 4.07. The van der Waals surface area contributed by atoms with Crippen molar-refractivity contribution in [2.75, 3.05) is 6.61 Å². The number of rotatable bonds is 10. The van der Waals surface area contributed by atoms with Crippen LogP contribution in [0.2, 0.25) is 0 Å². The van der Waals surface area contributed by atoms with Gasteiger partial charge in [0.1, 0.15) is 11.9 Å². The Bertz CT molecular complexity index is 890. The Labute approximate surface area is 200 Å². The molecule has 2 aromatic carbocycles. The standard InChI is InChI=1S/C27H42NO4P/c1-9-31-33(29,30)25(26(3,4)5)28(27(6,7)8)32-24(23-18-14-11-15-19-23)20-21(2)22-16-12-10-13-17-22/h10-19,21,24-25H,9,20H2,1-8H3,(H,29,30)/p-1. The molecule has 0 fully saturated rings. The van der Waals surface area contributed by atoms with Crippen LogP contribution in [0.15, 0.2) is 60.7 Å². The van der Waals surface area contributed by atoms with Gasteiger partial charge in [-0.2, -0.15) is 5.06 Å². The molecule has 0 aromatic heterocycles. The van der Waals surface area contributed by atoms with E-state index in [1.54, 1.807) is 12.0 Å². The molecule has 33 heavy (non-hydrogen) atoms. The minimum atomic E-state index is -4.27. The SMILES string of the molecule is CCOP(=O)([O-])C(N(OC(CC(C)c1ccccc1)c1ccccc1)C(C)(C)C)C(C)(C)C. The highest BCUT2D eigenvalue weighted by Crippen LogP contribution is 2.54. The summed E-state index contributed by atoms with van der Waals surface area (Å²) in [6, 6.07) is 20.3. The van der Waals surface area contributed by atoms with Crippen molar-refractivity contribution in [2.24, 2.45) is 5.41 Å². The molecule has 2 rings (SSSR count). The monoisotopic (exact) mass is 474 g/mol. The first-order valence-corrected chi connectivity index (χ1v) is 13.4. The average molecular weight is 475 g/mol. The summed E-state index contributed by atoms with van der Waals surface area (Å²) in [7, 11) is -4.27. The first-order chi connectivity index (χ1) is 15.3. The van der Waals surface area contributed by atoms with Crippen LogP contribution in [-0.2, 0) is 13.9 Å². The maximum absolute atomic E-state index is 13.3. The third-order valence-corrected chi connectivity index (χ3v) is 7.82. The molecule has 0 saturated carbocycles. The van der Waals surface area contributed by atoms with Gasteiger partial charge in [-0.1, -0.05) is 88.4 Å². The van der Waals surface area contributed by atoms with Gasteiger partial charge < -0.3 is 14.0 Å². The molecule has 0 aliphatic rings. The van der Waals surface area contributed by atoms with Gasteiger partial charge in [-0.25, -0.2) is 0 Å². The summed E-state index contributed by atoms with van der Waals surface area (Å²) in [5, 5.41) is 1.66. The summed E-state index contributed by atoms with van der Waals surface area (Å²) in [6.07, 6.45) is 0.377. The molecule has 0 radical (unpaired) electrons. The summed E-state index contributed by atoms with van der Waals surface area (Å²) in [5.41, 5.74) is 1.02. The van der Waals surface area contributed by atoms with E-state index in [-0.39, 0.29) is 18.6 Å². The van der Waals surface area contributed by atoms with Crippen molar-refractivity contribution >= 4 is 7.60 Å². The maximum atomic E-state index is 13.3. The Balaban J connectivity index is 2.50. The molecule has 0 aliphatic heterocycles. The van der Waals surface area contributed by atoms with Gasteiger partial charge in [0.2, 0.25) is 0 Å². The highest BCUT2D eigenvalue weighted by Gasteiger charge is 2.45. The van der Waals surface area contributed by atoms with E-state index in [4.69, 9.17) is 9.36 Å². The van der Waals surface area contributed by atoms with Gasteiger partial charge in [0, 0.05) is 5.54 Å². The van der Waals surface area contributed by atoms with Crippen LogP contribution in [0.1, 0.15) is 85.0 Å². The Kier molecular flexibility index (Phi) is 9.50. The zero-order chi connectivity index (χ0) is 24.9. The zero-order valence-electron chi connectivity index (χ0n) is 21.4. The van der Waals surface area contributed by atoms with Crippen LogP contribution in [0.3, 0.4) is 0 Å². The van der Waals surface area contributed by atoms with Gasteiger partial charge in [0.05, 0.1) is 6.61 Å². The molecule has 4 atom stereocenters.